The number of benzene rings is 1. The summed E-state index contributed by atoms with van der Waals surface area (Å²) in [5.41, 5.74) is 0.770. The van der Waals surface area contributed by atoms with E-state index in [2.05, 4.69) is 5.32 Å². The van der Waals surface area contributed by atoms with E-state index < -0.39 is 11.8 Å². The topological polar surface area (TPSA) is 66.4 Å². The minimum Gasteiger partial charge on any atom is -0.508 e. The average molecular weight is 205 g/mol. The number of hydrogen-bond acceptors (Lipinski definition) is 3. The van der Waals surface area contributed by atoms with Crippen molar-refractivity contribution in [1.29, 1.82) is 0 Å². The second-order valence-corrected chi connectivity index (χ2v) is 2.97. The summed E-state index contributed by atoms with van der Waals surface area (Å²) in [6.07, 6.45) is 2.81. The summed E-state index contributed by atoms with van der Waals surface area (Å²) < 4.78 is 0. The largest absolute Gasteiger partial charge is 0.508 e. The highest BCUT2D eigenvalue weighted by Crippen LogP contribution is 2.10. The van der Waals surface area contributed by atoms with E-state index in [9.17, 15) is 9.59 Å². The lowest BCUT2D eigenvalue weighted by molar-refractivity contribution is -0.126. The smallest absolute Gasteiger partial charge is 0.250 e. The Morgan fingerprint density at radius 2 is 1.87 bits per heavy atom. The summed E-state index contributed by atoms with van der Waals surface area (Å²) in [6.45, 7) is 1.27. The minimum atomic E-state index is -0.462. The maximum absolute atomic E-state index is 11.0. The van der Waals surface area contributed by atoms with Gasteiger partial charge in [0.2, 0.25) is 5.91 Å². The molecule has 0 aliphatic carbocycles. The Balaban J connectivity index is 2.61. The van der Waals surface area contributed by atoms with E-state index in [4.69, 9.17) is 5.11 Å². The average Bonchev–Trinajstić information content (AvgIpc) is 2.16. The maximum atomic E-state index is 11.0. The van der Waals surface area contributed by atoms with Crippen LogP contribution >= 0.6 is 0 Å². The Labute approximate surface area is 87.2 Å². The fourth-order valence-electron chi connectivity index (χ4n) is 0.973. The molecule has 2 amide bonds. The fraction of sp³-hybridized carbons (Fsp3) is 0.0909. The summed E-state index contributed by atoms with van der Waals surface area (Å²) in [5.74, 6) is -0.689. The van der Waals surface area contributed by atoms with Gasteiger partial charge in [0, 0.05) is 13.0 Å². The Morgan fingerprint density at radius 1 is 1.27 bits per heavy atom. The first-order valence-electron chi connectivity index (χ1n) is 4.36. The molecular formula is C11H11NO3. The quantitative estimate of drug-likeness (QED) is 0.709. The normalized spacial score (nSPS) is 10.2. The van der Waals surface area contributed by atoms with Gasteiger partial charge in [0.25, 0.3) is 5.91 Å². The molecule has 15 heavy (non-hydrogen) atoms. The number of nitrogens with one attached hydrogen (secondary N) is 1. The van der Waals surface area contributed by atoms with Crippen LogP contribution in [-0.4, -0.2) is 16.9 Å². The molecule has 1 aromatic rings. The highest BCUT2D eigenvalue weighted by molar-refractivity contribution is 6.02. The van der Waals surface area contributed by atoms with Gasteiger partial charge in [-0.3, -0.25) is 14.9 Å². The number of carbonyl (C=O) groups is 2. The molecule has 4 nitrogen and oxygen atoms in total. The number of phenols is 1. The number of phenolic OH excluding ortho intramolecular Hbond substituents is 1. The lowest BCUT2D eigenvalue weighted by Gasteiger charge is -1.95. The van der Waals surface area contributed by atoms with E-state index in [0.717, 1.165) is 5.56 Å². The van der Waals surface area contributed by atoms with Crippen LogP contribution in [0.1, 0.15) is 12.5 Å². The van der Waals surface area contributed by atoms with Gasteiger partial charge in [-0.2, -0.15) is 0 Å². The van der Waals surface area contributed by atoms with E-state index in [1.807, 2.05) is 0 Å². The van der Waals surface area contributed by atoms with Crippen LogP contribution in [0, 0.1) is 0 Å². The second-order valence-electron chi connectivity index (χ2n) is 2.97. The van der Waals surface area contributed by atoms with E-state index in [1.54, 1.807) is 18.2 Å². The second kappa shape index (κ2) is 4.95. The van der Waals surface area contributed by atoms with Crippen molar-refractivity contribution in [3.05, 3.63) is 35.9 Å². The molecule has 1 rings (SSSR count). The van der Waals surface area contributed by atoms with Crippen molar-refractivity contribution in [2.24, 2.45) is 0 Å². The Bertz CT molecular complexity index is 393. The van der Waals surface area contributed by atoms with Crippen LogP contribution in [0.15, 0.2) is 30.3 Å². The SMILES string of the molecule is CC(=O)NC(=O)C=Cc1ccc(O)cc1. The first-order valence-corrected chi connectivity index (χ1v) is 4.36. The van der Waals surface area contributed by atoms with Gasteiger partial charge in [-0.05, 0) is 23.8 Å². The third-order valence-electron chi connectivity index (χ3n) is 1.62. The molecule has 0 spiro atoms. The van der Waals surface area contributed by atoms with E-state index in [1.165, 1.54) is 25.1 Å². The summed E-state index contributed by atoms with van der Waals surface area (Å²) in [5, 5.41) is 11.1. The van der Waals surface area contributed by atoms with Crippen LogP contribution in [0.25, 0.3) is 6.08 Å². The first kappa shape index (κ1) is 11.0. The van der Waals surface area contributed by atoms with Crippen molar-refractivity contribution in [3.63, 3.8) is 0 Å². The standard InChI is InChI=1S/C11H11NO3/c1-8(13)12-11(15)7-4-9-2-5-10(14)6-3-9/h2-7,14H,1H3,(H,12,13,15). The highest BCUT2D eigenvalue weighted by Gasteiger charge is 1.97. The van der Waals surface area contributed by atoms with Gasteiger partial charge in [-0.15, -0.1) is 0 Å². The molecule has 0 aliphatic heterocycles. The zero-order valence-corrected chi connectivity index (χ0v) is 8.23. The number of imide groups is 1. The summed E-state index contributed by atoms with van der Waals surface area (Å²) in [7, 11) is 0. The van der Waals surface area contributed by atoms with Crippen LogP contribution in [0.5, 0.6) is 5.75 Å². The van der Waals surface area contributed by atoms with E-state index in [-0.39, 0.29) is 5.75 Å². The van der Waals surface area contributed by atoms with Crippen LogP contribution < -0.4 is 5.32 Å². The molecule has 1 aromatic carbocycles. The Morgan fingerprint density at radius 3 is 2.40 bits per heavy atom. The van der Waals surface area contributed by atoms with Gasteiger partial charge in [0.1, 0.15) is 5.75 Å². The monoisotopic (exact) mass is 205 g/mol. The molecule has 0 saturated carbocycles. The molecule has 0 bridgehead atoms. The van der Waals surface area contributed by atoms with Crippen LogP contribution in [0.4, 0.5) is 0 Å². The van der Waals surface area contributed by atoms with Gasteiger partial charge in [0.15, 0.2) is 0 Å². The molecule has 78 valence electrons. The van der Waals surface area contributed by atoms with Gasteiger partial charge in [0.05, 0.1) is 0 Å². The van der Waals surface area contributed by atoms with Gasteiger partial charge >= 0.3 is 0 Å². The Hall–Kier alpha value is -2.10. The molecule has 0 heterocycles. The third kappa shape index (κ3) is 4.08. The van der Waals surface area contributed by atoms with Gasteiger partial charge in [-0.1, -0.05) is 12.1 Å². The predicted molar refractivity (Wildman–Crippen MR) is 56.0 cm³/mol. The van der Waals surface area contributed by atoms with Crippen molar-refractivity contribution in [3.8, 4) is 5.75 Å². The van der Waals surface area contributed by atoms with Crippen molar-refractivity contribution in [2.75, 3.05) is 0 Å². The summed E-state index contributed by atoms with van der Waals surface area (Å²) >= 11 is 0. The molecule has 0 fully saturated rings. The maximum Gasteiger partial charge on any atom is 0.250 e. The number of rotatable bonds is 2. The van der Waals surface area contributed by atoms with E-state index >= 15 is 0 Å². The molecular weight excluding hydrogens is 194 g/mol. The Kier molecular flexibility index (Phi) is 3.62. The van der Waals surface area contributed by atoms with Crippen LogP contribution in [-0.2, 0) is 9.59 Å². The molecule has 0 unspecified atom stereocenters. The summed E-state index contributed by atoms with van der Waals surface area (Å²) in [6, 6.07) is 6.35. The lowest BCUT2D eigenvalue weighted by atomic mass is 10.2. The molecule has 0 aliphatic rings. The zero-order valence-electron chi connectivity index (χ0n) is 8.23. The third-order valence-corrected chi connectivity index (χ3v) is 1.62. The number of carbonyl (C=O) groups excluding carboxylic acids is 2. The first-order chi connectivity index (χ1) is 7.08. The minimum absolute atomic E-state index is 0.167. The fourth-order valence-corrected chi connectivity index (χ4v) is 0.973. The summed E-state index contributed by atoms with van der Waals surface area (Å²) in [4.78, 5) is 21.5. The molecule has 0 radical (unpaired) electrons. The molecule has 2 N–H and O–H groups in total. The number of aromatic hydroxyl groups is 1. The van der Waals surface area contributed by atoms with Crippen molar-refractivity contribution in [1.82, 2.24) is 5.32 Å². The van der Waals surface area contributed by atoms with E-state index in [0.29, 0.717) is 0 Å². The lowest BCUT2D eigenvalue weighted by Crippen LogP contribution is -2.25. The predicted octanol–water partition coefficient (Wildman–Crippen LogP) is 1.07. The molecule has 0 atom stereocenters. The zero-order chi connectivity index (χ0) is 11.3. The number of amides is 2. The van der Waals surface area contributed by atoms with Gasteiger partial charge in [-0.25, -0.2) is 0 Å². The molecule has 0 aromatic heterocycles. The molecule has 4 heteroatoms. The van der Waals surface area contributed by atoms with Crippen LogP contribution in [0.3, 0.4) is 0 Å². The van der Waals surface area contributed by atoms with Crippen LogP contribution in [0.2, 0.25) is 0 Å². The molecule has 0 saturated heterocycles. The highest BCUT2D eigenvalue weighted by atomic mass is 16.3. The van der Waals surface area contributed by atoms with Crippen molar-refractivity contribution < 1.29 is 14.7 Å². The number of hydrogen-bond donors (Lipinski definition) is 2. The van der Waals surface area contributed by atoms with Crippen molar-refractivity contribution >= 4 is 17.9 Å². The van der Waals surface area contributed by atoms with Gasteiger partial charge < -0.3 is 5.11 Å². The van der Waals surface area contributed by atoms with Crippen molar-refractivity contribution in [2.45, 2.75) is 6.92 Å².